The first kappa shape index (κ1) is 23.8. The van der Waals surface area contributed by atoms with Crippen LogP contribution in [0.15, 0.2) is 72.7 Å². The number of halogens is 2. The van der Waals surface area contributed by atoms with E-state index in [1.54, 1.807) is 36.5 Å². The molecule has 5 rings (SSSR count). The molecule has 36 heavy (non-hydrogen) atoms. The lowest BCUT2D eigenvalue weighted by Gasteiger charge is -2.21. The second-order valence-corrected chi connectivity index (χ2v) is 9.29. The van der Waals surface area contributed by atoms with Crippen LogP contribution in [0.2, 0.25) is 10.0 Å². The van der Waals surface area contributed by atoms with E-state index in [0.29, 0.717) is 33.5 Å². The number of pyridine rings is 1. The minimum atomic E-state index is -0.355. The van der Waals surface area contributed by atoms with Crippen LogP contribution >= 0.6 is 23.2 Å². The van der Waals surface area contributed by atoms with Crippen LogP contribution in [0.5, 0.6) is 0 Å². The van der Waals surface area contributed by atoms with E-state index < -0.39 is 0 Å². The highest BCUT2D eigenvalue weighted by Crippen LogP contribution is 2.30. The van der Waals surface area contributed by atoms with E-state index in [1.807, 2.05) is 37.3 Å². The molecule has 4 aromatic rings. The molecule has 0 fully saturated rings. The van der Waals surface area contributed by atoms with E-state index in [4.69, 9.17) is 28.2 Å². The molecule has 2 heterocycles. The highest BCUT2D eigenvalue weighted by Gasteiger charge is 2.24. The third-order valence-corrected chi connectivity index (χ3v) is 6.56. The van der Waals surface area contributed by atoms with Gasteiger partial charge in [-0.2, -0.15) is 0 Å². The molecule has 9 heteroatoms. The van der Waals surface area contributed by atoms with E-state index in [2.05, 4.69) is 20.6 Å². The van der Waals surface area contributed by atoms with Gasteiger partial charge in [-0.1, -0.05) is 36.2 Å². The molecule has 7 nitrogen and oxygen atoms in total. The van der Waals surface area contributed by atoms with Crippen molar-refractivity contribution in [3.05, 3.63) is 105 Å². The SMILES string of the molecule is CC1Cc2[nH]c(-c3ccc(NC(=O)c4cccnc4)cc3)nc2C=C1NC(=O)c1c(Cl)cccc1Cl. The fourth-order valence-electron chi connectivity index (χ4n) is 4.02. The fourth-order valence-corrected chi connectivity index (χ4v) is 4.59. The van der Waals surface area contributed by atoms with Crippen molar-refractivity contribution in [3.8, 4) is 11.4 Å². The summed E-state index contributed by atoms with van der Waals surface area (Å²) in [6.45, 7) is 2.03. The molecule has 2 aromatic carbocycles. The van der Waals surface area contributed by atoms with Crippen molar-refractivity contribution in [1.82, 2.24) is 20.3 Å². The third-order valence-electron chi connectivity index (χ3n) is 5.93. The standard InChI is InChI=1S/C27H21Cl2N5O2/c1-15-12-22-23(13-21(15)34-27(36)24-19(28)5-2-6-20(24)29)33-25(32-22)16-7-9-18(10-8-16)31-26(35)17-4-3-11-30-14-17/h2-11,13-15H,12H2,1H3,(H,31,35)(H,32,33)(H,34,36). The highest BCUT2D eigenvalue weighted by atomic mass is 35.5. The summed E-state index contributed by atoms with van der Waals surface area (Å²) in [6.07, 6.45) is 5.69. The van der Waals surface area contributed by atoms with Gasteiger partial charge in [0.2, 0.25) is 0 Å². The predicted octanol–water partition coefficient (Wildman–Crippen LogP) is 5.99. The number of aromatic amines is 1. The molecular weight excluding hydrogens is 497 g/mol. The number of carbonyl (C=O) groups excluding carboxylic acids is 2. The summed E-state index contributed by atoms with van der Waals surface area (Å²) >= 11 is 12.4. The topological polar surface area (TPSA) is 99.8 Å². The van der Waals surface area contributed by atoms with Crippen LogP contribution in [0, 0.1) is 5.92 Å². The Balaban J connectivity index is 1.32. The minimum absolute atomic E-state index is 0.0566. The zero-order valence-corrected chi connectivity index (χ0v) is 20.7. The Labute approximate surface area is 217 Å². The minimum Gasteiger partial charge on any atom is -0.341 e. The van der Waals surface area contributed by atoms with Gasteiger partial charge in [-0.3, -0.25) is 14.6 Å². The van der Waals surface area contributed by atoms with Gasteiger partial charge in [-0.15, -0.1) is 0 Å². The van der Waals surface area contributed by atoms with Crippen LogP contribution < -0.4 is 10.6 Å². The molecule has 1 unspecified atom stereocenters. The summed E-state index contributed by atoms with van der Waals surface area (Å²) in [5, 5.41) is 6.41. The first-order chi connectivity index (χ1) is 17.4. The Morgan fingerprint density at radius 3 is 2.42 bits per heavy atom. The lowest BCUT2D eigenvalue weighted by atomic mass is 9.94. The van der Waals surface area contributed by atoms with Crippen molar-refractivity contribution in [2.45, 2.75) is 13.3 Å². The molecule has 1 atom stereocenters. The number of H-pyrrole nitrogens is 1. The van der Waals surface area contributed by atoms with Crippen molar-refractivity contribution >= 4 is 46.8 Å². The first-order valence-corrected chi connectivity index (χ1v) is 12.0. The molecule has 0 spiro atoms. The smallest absolute Gasteiger partial charge is 0.258 e. The Kier molecular flexibility index (Phi) is 6.59. The molecule has 0 bridgehead atoms. The molecule has 180 valence electrons. The lowest BCUT2D eigenvalue weighted by Crippen LogP contribution is -2.29. The number of anilines is 1. The van der Waals surface area contributed by atoms with Gasteiger partial charge < -0.3 is 15.6 Å². The number of amides is 2. The molecule has 0 radical (unpaired) electrons. The molecule has 1 aliphatic rings. The van der Waals surface area contributed by atoms with Crippen LogP contribution in [0.4, 0.5) is 5.69 Å². The van der Waals surface area contributed by atoms with E-state index in [-0.39, 0.29) is 23.3 Å². The second kappa shape index (κ2) is 9.97. The second-order valence-electron chi connectivity index (χ2n) is 8.48. The molecule has 2 aromatic heterocycles. The zero-order chi connectivity index (χ0) is 25.2. The van der Waals surface area contributed by atoms with Crippen molar-refractivity contribution in [2.24, 2.45) is 5.92 Å². The number of aromatic nitrogens is 3. The summed E-state index contributed by atoms with van der Waals surface area (Å²) in [7, 11) is 0. The van der Waals surface area contributed by atoms with Crippen LogP contribution in [0.3, 0.4) is 0 Å². The van der Waals surface area contributed by atoms with Crippen molar-refractivity contribution in [1.29, 1.82) is 0 Å². The van der Waals surface area contributed by atoms with Crippen molar-refractivity contribution in [3.63, 3.8) is 0 Å². The number of carbonyl (C=O) groups is 2. The summed E-state index contributed by atoms with van der Waals surface area (Å²) < 4.78 is 0. The normalized spacial score (nSPS) is 14.5. The molecule has 1 aliphatic carbocycles. The van der Waals surface area contributed by atoms with Crippen LogP contribution in [0.25, 0.3) is 17.5 Å². The van der Waals surface area contributed by atoms with Gasteiger partial charge in [0.15, 0.2) is 0 Å². The maximum Gasteiger partial charge on any atom is 0.258 e. The van der Waals surface area contributed by atoms with Crippen molar-refractivity contribution in [2.75, 3.05) is 5.32 Å². The van der Waals surface area contributed by atoms with Gasteiger partial charge in [0.05, 0.1) is 26.9 Å². The summed E-state index contributed by atoms with van der Waals surface area (Å²) in [6, 6.07) is 15.8. The van der Waals surface area contributed by atoms with E-state index in [0.717, 1.165) is 22.6 Å². The Morgan fingerprint density at radius 2 is 1.72 bits per heavy atom. The number of fused-ring (bicyclic) bond motifs is 1. The van der Waals surface area contributed by atoms with E-state index in [9.17, 15) is 9.59 Å². The van der Waals surface area contributed by atoms with Gasteiger partial charge in [0.1, 0.15) is 5.82 Å². The Morgan fingerprint density at radius 1 is 0.972 bits per heavy atom. The van der Waals surface area contributed by atoms with Crippen LogP contribution in [0.1, 0.15) is 39.0 Å². The van der Waals surface area contributed by atoms with E-state index in [1.165, 1.54) is 6.20 Å². The summed E-state index contributed by atoms with van der Waals surface area (Å²) in [5.41, 5.74) is 4.77. The molecule has 3 N–H and O–H groups in total. The molecule has 0 saturated heterocycles. The zero-order valence-electron chi connectivity index (χ0n) is 19.2. The Hall–Kier alpha value is -3.94. The largest absolute Gasteiger partial charge is 0.341 e. The number of nitrogens with one attached hydrogen (secondary N) is 3. The quantitative estimate of drug-likeness (QED) is 0.302. The van der Waals surface area contributed by atoms with Gasteiger partial charge in [-0.05, 0) is 61.0 Å². The maximum atomic E-state index is 12.9. The van der Waals surface area contributed by atoms with Gasteiger partial charge in [-0.25, -0.2) is 4.98 Å². The number of benzene rings is 2. The predicted molar refractivity (Wildman–Crippen MR) is 141 cm³/mol. The fraction of sp³-hybridized carbons (Fsp3) is 0.111. The lowest BCUT2D eigenvalue weighted by molar-refractivity contribution is 0.0961. The number of imidazole rings is 1. The first-order valence-electron chi connectivity index (χ1n) is 11.3. The van der Waals surface area contributed by atoms with Crippen LogP contribution in [-0.4, -0.2) is 26.8 Å². The van der Waals surface area contributed by atoms with Crippen LogP contribution in [-0.2, 0) is 6.42 Å². The van der Waals surface area contributed by atoms with Gasteiger partial charge >= 0.3 is 0 Å². The number of nitrogens with zero attached hydrogens (tertiary/aromatic N) is 2. The number of rotatable bonds is 5. The van der Waals surface area contributed by atoms with E-state index >= 15 is 0 Å². The third kappa shape index (κ3) is 4.89. The summed E-state index contributed by atoms with van der Waals surface area (Å²) in [4.78, 5) is 37.3. The maximum absolute atomic E-state index is 12.9. The molecule has 0 saturated carbocycles. The molecule has 2 amide bonds. The number of hydrogen-bond acceptors (Lipinski definition) is 4. The van der Waals surface area contributed by atoms with Crippen molar-refractivity contribution < 1.29 is 9.59 Å². The average molecular weight is 518 g/mol. The van der Waals surface area contributed by atoms with Gasteiger partial charge in [0, 0.05) is 41.0 Å². The van der Waals surface area contributed by atoms with Gasteiger partial charge in [0.25, 0.3) is 11.8 Å². The average Bonchev–Trinajstić information content (AvgIpc) is 3.27. The summed E-state index contributed by atoms with van der Waals surface area (Å²) in [5.74, 6) is 0.180. The Bertz CT molecular complexity index is 1460. The molecular formula is C27H21Cl2N5O2. The monoisotopic (exact) mass is 517 g/mol. The number of allylic oxidation sites excluding steroid dienone is 1. The number of hydrogen-bond donors (Lipinski definition) is 3. The molecule has 0 aliphatic heterocycles. The highest BCUT2D eigenvalue weighted by molar-refractivity contribution is 6.39.